The van der Waals surface area contributed by atoms with Crippen LogP contribution < -0.4 is 5.32 Å². The van der Waals surface area contributed by atoms with Gasteiger partial charge < -0.3 is 5.32 Å². The largest absolute Gasteiger partial charge is 0.406 e. The van der Waals surface area contributed by atoms with Gasteiger partial charge >= 0.3 is 6.18 Å². The lowest BCUT2D eigenvalue weighted by molar-refractivity contribution is -0.165. The molecule has 1 nitrogen and oxygen atoms in total. The van der Waals surface area contributed by atoms with Gasteiger partial charge in [-0.3, -0.25) is 0 Å². The normalized spacial score (nSPS) is 18.4. The van der Waals surface area contributed by atoms with Crippen molar-refractivity contribution in [3.63, 3.8) is 0 Å². The Morgan fingerprint density at radius 2 is 1.47 bits per heavy atom. The number of rotatable bonds is 9. The van der Waals surface area contributed by atoms with Crippen LogP contribution in [-0.2, 0) is 0 Å². The predicted octanol–water partition coefficient (Wildman–Crippen LogP) is 4.42. The molecule has 1 rings (SSSR count). The maximum atomic E-state index is 12.5. The van der Waals surface area contributed by atoms with Gasteiger partial charge in [0.25, 0.3) is 0 Å². The van der Waals surface area contributed by atoms with Crippen LogP contribution in [0.25, 0.3) is 0 Å². The molecule has 1 N–H and O–H groups in total. The number of unbranched alkanes of at least 4 members (excludes halogenated alkanes) is 6. The number of alkyl halides is 3. The third-order valence-electron chi connectivity index (χ3n) is 3.54. The number of halogens is 3. The maximum absolute atomic E-state index is 12.5. The summed E-state index contributed by atoms with van der Waals surface area (Å²) in [6.45, 7) is 2.68. The van der Waals surface area contributed by atoms with E-state index in [9.17, 15) is 13.2 Å². The van der Waals surface area contributed by atoms with Crippen molar-refractivity contribution < 1.29 is 13.2 Å². The molecule has 0 unspecified atom stereocenters. The van der Waals surface area contributed by atoms with Crippen LogP contribution in [0.15, 0.2) is 0 Å². The fourth-order valence-corrected chi connectivity index (χ4v) is 2.10. The van der Waals surface area contributed by atoms with E-state index >= 15 is 0 Å². The van der Waals surface area contributed by atoms with Crippen molar-refractivity contribution in [1.29, 1.82) is 0 Å². The average molecular weight is 251 g/mol. The van der Waals surface area contributed by atoms with Crippen molar-refractivity contribution in [2.24, 2.45) is 0 Å². The van der Waals surface area contributed by atoms with E-state index in [4.69, 9.17) is 0 Å². The lowest BCUT2D eigenvalue weighted by Crippen LogP contribution is -2.45. The van der Waals surface area contributed by atoms with Crippen LogP contribution in [0.4, 0.5) is 13.2 Å². The molecule has 4 heteroatoms. The zero-order valence-electron chi connectivity index (χ0n) is 10.7. The van der Waals surface area contributed by atoms with E-state index in [1.807, 2.05) is 0 Å². The van der Waals surface area contributed by atoms with Gasteiger partial charge in [-0.2, -0.15) is 13.2 Å². The summed E-state index contributed by atoms with van der Waals surface area (Å²) in [5, 5.41) is 2.69. The molecule has 17 heavy (non-hydrogen) atoms. The molecule has 1 aliphatic carbocycles. The van der Waals surface area contributed by atoms with Crippen molar-refractivity contribution >= 4 is 0 Å². The second kappa shape index (κ2) is 6.62. The summed E-state index contributed by atoms with van der Waals surface area (Å²) in [4.78, 5) is 0. The van der Waals surface area contributed by atoms with Gasteiger partial charge in [0.05, 0.1) is 0 Å². The number of hydrogen-bond acceptors (Lipinski definition) is 1. The van der Waals surface area contributed by atoms with Crippen LogP contribution in [0.5, 0.6) is 0 Å². The molecule has 0 aromatic carbocycles. The van der Waals surface area contributed by atoms with Crippen molar-refractivity contribution in [3.05, 3.63) is 0 Å². The minimum Gasteiger partial charge on any atom is -0.304 e. The van der Waals surface area contributed by atoms with E-state index in [1.165, 1.54) is 25.7 Å². The predicted molar refractivity (Wildman–Crippen MR) is 64.0 cm³/mol. The van der Waals surface area contributed by atoms with Gasteiger partial charge in [0.2, 0.25) is 0 Å². The molecule has 0 aliphatic heterocycles. The highest BCUT2D eigenvalue weighted by atomic mass is 19.4. The van der Waals surface area contributed by atoms with Gasteiger partial charge in [-0.05, 0) is 25.8 Å². The Morgan fingerprint density at radius 3 is 1.94 bits per heavy atom. The van der Waals surface area contributed by atoms with Gasteiger partial charge in [0.1, 0.15) is 5.54 Å². The SMILES string of the molecule is CCCCCCCCCNC1(C(F)(F)F)CC1. The molecule has 0 aromatic rings. The summed E-state index contributed by atoms with van der Waals surface area (Å²) in [5.74, 6) is 0. The van der Waals surface area contributed by atoms with Crippen LogP contribution in [-0.4, -0.2) is 18.3 Å². The van der Waals surface area contributed by atoms with Gasteiger partial charge in [0.15, 0.2) is 0 Å². The van der Waals surface area contributed by atoms with E-state index in [0.29, 0.717) is 6.54 Å². The minimum absolute atomic E-state index is 0.257. The minimum atomic E-state index is -4.06. The van der Waals surface area contributed by atoms with Crippen LogP contribution >= 0.6 is 0 Å². The molecular weight excluding hydrogens is 227 g/mol. The fourth-order valence-electron chi connectivity index (χ4n) is 2.10. The quantitative estimate of drug-likeness (QED) is 0.598. The first kappa shape index (κ1) is 14.8. The molecule has 0 heterocycles. The molecule has 1 saturated carbocycles. The molecule has 0 aromatic heterocycles. The Balaban J connectivity index is 1.95. The van der Waals surface area contributed by atoms with Crippen LogP contribution in [0, 0.1) is 0 Å². The molecule has 102 valence electrons. The first-order chi connectivity index (χ1) is 8.02. The monoisotopic (exact) mass is 251 g/mol. The van der Waals surface area contributed by atoms with Crippen molar-refractivity contribution in [1.82, 2.24) is 5.32 Å². The summed E-state index contributed by atoms with van der Waals surface area (Å²) >= 11 is 0. The lowest BCUT2D eigenvalue weighted by Gasteiger charge is -2.20. The molecule has 0 spiro atoms. The van der Waals surface area contributed by atoms with E-state index in [-0.39, 0.29) is 12.8 Å². The Bertz CT molecular complexity index is 209. The smallest absolute Gasteiger partial charge is 0.304 e. The van der Waals surface area contributed by atoms with E-state index in [0.717, 1.165) is 19.3 Å². The highest BCUT2D eigenvalue weighted by Gasteiger charge is 2.62. The van der Waals surface area contributed by atoms with Gasteiger partial charge in [-0.15, -0.1) is 0 Å². The molecular formula is C13H24F3N. The van der Waals surface area contributed by atoms with Crippen LogP contribution in [0.3, 0.4) is 0 Å². The Morgan fingerprint density at radius 1 is 0.941 bits per heavy atom. The van der Waals surface area contributed by atoms with E-state index in [1.54, 1.807) is 0 Å². The molecule has 0 amide bonds. The standard InChI is InChI=1S/C13H24F3N/c1-2-3-4-5-6-7-8-11-17-12(9-10-12)13(14,15)16/h17H,2-11H2,1H3. The Kier molecular flexibility index (Phi) is 5.77. The number of hydrogen-bond donors (Lipinski definition) is 1. The maximum Gasteiger partial charge on any atom is 0.406 e. The van der Waals surface area contributed by atoms with Gasteiger partial charge in [0, 0.05) is 0 Å². The summed E-state index contributed by atoms with van der Waals surface area (Å²) < 4.78 is 37.6. The van der Waals surface area contributed by atoms with Gasteiger partial charge in [-0.25, -0.2) is 0 Å². The second-order valence-electron chi connectivity index (χ2n) is 5.13. The van der Waals surface area contributed by atoms with Crippen molar-refractivity contribution in [3.8, 4) is 0 Å². The summed E-state index contributed by atoms with van der Waals surface area (Å²) in [7, 11) is 0. The summed E-state index contributed by atoms with van der Waals surface area (Å²) in [6, 6.07) is 0. The first-order valence-electron chi connectivity index (χ1n) is 6.83. The topological polar surface area (TPSA) is 12.0 Å². The first-order valence-corrected chi connectivity index (χ1v) is 6.83. The van der Waals surface area contributed by atoms with Crippen molar-refractivity contribution in [2.75, 3.05) is 6.54 Å². The molecule has 1 aliphatic rings. The zero-order chi connectivity index (χ0) is 12.8. The Labute approximate surface area is 102 Å². The Hall–Kier alpha value is -0.250. The average Bonchev–Trinajstić information content (AvgIpc) is 3.02. The molecule has 0 saturated heterocycles. The van der Waals surface area contributed by atoms with Crippen molar-refractivity contribution in [2.45, 2.75) is 76.4 Å². The summed E-state index contributed by atoms with van der Waals surface area (Å²) in [6.07, 6.45) is 4.50. The molecule has 0 bridgehead atoms. The van der Waals surface area contributed by atoms with E-state index in [2.05, 4.69) is 12.2 Å². The van der Waals surface area contributed by atoms with Gasteiger partial charge in [-0.1, -0.05) is 45.4 Å². The molecule has 1 fully saturated rings. The number of nitrogens with one attached hydrogen (secondary N) is 1. The summed E-state index contributed by atoms with van der Waals surface area (Å²) in [5.41, 5.74) is -1.52. The second-order valence-corrected chi connectivity index (χ2v) is 5.13. The van der Waals surface area contributed by atoms with Crippen LogP contribution in [0.1, 0.15) is 64.7 Å². The molecule has 0 radical (unpaired) electrons. The highest BCUT2D eigenvalue weighted by molar-refractivity contribution is 5.07. The molecule has 0 atom stereocenters. The third kappa shape index (κ3) is 4.86. The van der Waals surface area contributed by atoms with E-state index < -0.39 is 11.7 Å². The highest BCUT2D eigenvalue weighted by Crippen LogP contribution is 2.48. The third-order valence-corrected chi connectivity index (χ3v) is 3.54. The van der Waals surface area contributed by atoms with Crippen LogP contribution in [0.2, 0.25) is 0 Å². The fraction of sp³-hybridized carbons (Fsp3) is 1.00. The lowest BCUT2D eigenvalue weighted by atomic mass is 10.1. The zero-order valence-corrected chi connectivity index (χ0v) is 10.7.